The summed E-state index contributed by atoms with van der Waals surface area (Å²) >= 11 is 6.37. The minimum absolute atomic E-state index is 0.0435. The predicted octanol–water partition coefficient (Wildman–Crippen LogP) is 7.76. The maximum atomic E-state index is 12.1. The third-order valence-corrected chi connectivity index (χ3v) is 7.06. The zero-order chi connectivity index (χ0) is 27.3. The highest BCUT2D eigenvalue weighted by atomic mass is 35.5. The summed E-state index contributed by atoms with van der Waals surface area (Å²) in [4.78, 5) is 12.1. The molecule has 0 aliphatic heterocycles. The van der Waals surface area contributed by atoms with Gasteiger partial charge in [0.2, 0.25) is 0 Å². The van der Waals surface area contributed by atoms with Gasteiger partial charge in [-0.2, -0.15) is 0 Å². The van der Waals surface area contributed by atoms with Crippen LogP contribution in [0.25, 0.3) is 0 Å². The Kier molecular flexibility index (Phi) is 17.4. The van der Waals surface area contributed by atoms with E-state index in [2.05, 4.69) is 12.2 Å². The molecule has 0 radical (unpaired) electrons. The van der Waals surface area contributed by atoms with Gasteiger partial charge in [-0.3, -0.25) is 4.79 Å². The number of rotatable bonds is 22. The summed E-state index contributed by atoms with van der Waals surface area (Å²) in [5.74, 6) is 1.07. The van der Waals surface area contributed by atoms with Crippen LogP contribution in [0.3, 0.4) is 0 Å². The average Bonchev–Trinajstić information content (AvgIpc) is 2.90. The summed E-state index contributed by atoms with van der Waals surface area (Å²) in [7, 11) is 1.98. The molecular formula is C32H50ClN2O3+. The van der Waals surface area contributed by atoms with E-state index in [0.717, 1.165) is 12.8 Å². The highest BCUT2D eigenvalue weighted by Crippen LogP contribution is 2.29. The summed E-state index contributed by atoms with van der Waals surface area (Å²) in [6.45, 7) is 3.47. The second-order valence-corrected chi connectivity index (χ2v) is 10.7. The first-order valence-electron chi connectivity index (χ1n) is 14.8. The fraction of sp³-hybridized carbons (Fsp3) is 0.625. The van der Waals surface area contributed by atoms with Crippen LogP contribution in [0.4, 0.5) is 0 Å². The molecule has 0 aliphatic carbocycles. The third kappa shape index (κ3) is 15.2. The standard InChI is InChI=1S/C32H49ClN2O3/c1-3-4-5-6-7-8-9-10-11-12-13-14-15-16-24-37-31-20-19-29(25-30(31)33)38-27-32(36)34-22-21-28-18-17-23-35(2)26-28/h17-20,23,25-26H,3-16,21-22,24,27H2,1-2H3/p+1. The van der Waals surface area contributed by atoms with E-state index in [4.69, 9.17) is 21.1 Å². The topological polar surface area (TPSA) is 51.4 Å². The Balaban J connectivity index is 1.46. The van der Waals surface area contributed by atoms with Gasteiger partial charge in [0.05, 0.1) is 11.6 Å². The van der Waals surface area contributed by atoms with Crippen LogP contribution in [0, 0.1) is 0 Å². The zero-order valence-corrected chi connectivity index (χ0v) is 24.6. The molecule has 38 heavy (non-hydrogen) atoms. The van der Waals surface area contributed by atoms with Crippen molar-refractivity contribution >= 4 is 17.5 Å². The van der Waals surface area contributed by atoms with Crippen molar-refractivity contribution in [3.8, 4) is 11.5 Å². The van der Waals surface area contributed by atoms with E-state index in [9.17, 15) is 4.79 Å². The molecule has 1 amide bonds. The van der Waals surface area contributed by atoms with Crippen molar-refractivity contribution in [2.24, 2.45) is 7.05 Å². The average molecular weight is 546 g/mol. The fourth-order valence-corrected chi connectivity index (χ4v) is 4.74. The third-order valence-electron chi connectivity index (χ3n) is 6.77. The number of hydrogen-bond acceptors (Lipinski definition) is 3. The summed E-state index contributed by atoms with van der Waals surface area (Å²) in [5.41, 5.74) is 1.17. The molecule has 2 rings (SSSR count). The molecule has 0 saturated heterocycles. The lowest BCUT2D eigenvalue weighted by Crippen LogP contribution is -2.31. The molecule has 5 nitrogen and oxygen atoms in total. The molecule has 0 atom stereocenters. The van der Waals surface area contributed by atoms with Gasteiger partial charge in [-0.1, -0.05) is 102 Å². The van der Waals surface area contributed by atoms with Gasteiger partial charge >= 0.3 is 0 Å². The molecule has 6 heteroatoms. The Labute approximate surface area is 236 Å². The Morgan fingerprint density at radius 2 is 1.50 bits per heavy atom. The van der Waals surface area contributed by atoms with E-state index in [1.165, 1.54) is 89.0 Å². The highest BCUT2D eigenvalue weighted by molar-refractivity contribution is 6.32. The number of nitrogens with zero attached hydrogens (tertiary/aromatic N) is 1. The molecule has 0 aliphatic rings. The van der Waals surface area contributed by atoms with Crippen molar-refractivity contribution in [3.05, 3.63) is 53.3 Å². The molecule has 0 bridgehead atoms. The molecule has 1 heterocycles. The van der Waals surface area contributed by atoms with Gasteiger partial charge < -0.3 is 14.8 Å². The van der Waals surface area contributed by atoms with Crippen molar-refractivity contribution in [1.82, 2.24) is 5.32 Å². The molecule has 0 fully saturated rings. The number of pyridine rings is 1. The van der Waals surface area contributed by atoms with Gasteiger partial charge in [-0.15, -0.1) is 0 Å². The number of halogens is 1. The van der Waals surface area contributed by atoms with Crippen molar-refractivity contribution < 1.29 is 18.8 Å². The van der Waals surface area contributed by atoms with Gasteiger partial charge in [-0.25, -0.2) is 4.57 Å². The highest BCUT2D eigenvalue weighted by Gasteiger charge is 2.07. The van der Waals surface area contributed by atoms with Crippen molar-refractivity contribution in [3.63, 3.8) is 0 Å². The largest absolute Gasteiger partial charge is 0.492 e. The monoisotopic (exact) mass is 545 g/mol. The van der Waals surface area contributed by atoms with Gasteiger partial charge in [0, 0.05) is 24.2 Å². The first-order valence-corrected chi connectivity index (χ1v) is 15.2. The zero-order valence-electron chi connectivity index (χ0n) is 23.8. The summed E-state index contributed by atoms with van der Waals surface area (Å²) in [6.07, 6.45) is 23.6. The minimum Gasteiger partial charge on any atom is -0.492 e. The lowest BCUT2D eigenvalue weighted by molar-refractivity contribution is -0.671. The van der Waals surface area contributed by atoms with E-state index < -0.39 is 0 Å². The number of aryl methyl sites for hydroxylation is 1. The SMILES string of the molecule is CCCCCCCCCCCCCCCCOc1ccc(OCC(=O)NCCc2ccc[n+](C)c2)cc1Cl. The Hall–Kier alpha value is -2.27. The van der Waals surface area contributed by atoms with E-state index in [1.54, 1.807) is 12.1 Å². The lowest BCUT2D eigenvalue weighted by Gasteiger charge is -2.11. The molecule has 212 valence electrons. The quantitative estimate of drug-likeness (QED) is 0.121. The first-order chi connectivity index (χ1) is 18.6. The van der Waals surface area contributed by atoms with Crippen LogP contribution in [-0.4, -0.2) is 25.7 Å². The molecule has 1 aromatic carbocycles. The van der Waals surface area contributed by atoms with Gasteiger partial charge in [0.15, 0.2) is 19.0 Å². The van der Waals surface area contributed by atoms with Gasteiger partial charge in [0.1, 0.15) is 18.5 Å². The maximum absolute atomic E-state index is 12.1. The number of amides is 1. The second kappa shape index (κ2) is 20.7. The van der Waals surface area contributed by atoms with Crippen molar-refractivity contribution in [2.75, 3.05) is 19.8 Å². The van der Waals surface area contributed by atoms with Crippen LogP contribution < -0.4 is 19.4 Å². The van der Waals surface area contributed by atoms with Crippen LogP contribution in [-0.2, 0) is 18.3 Å². The molecule has 0 saturated carbocycles. The maximum Gasteiger partial charge on any atom is 0.257 e. The summed E-state index contributed by atoms with van der Waals surface area (Å²) in [5, 5.41) is 3.39. The number of ether oxygens (including phenoxy) is 2. The Morgan fingerprint density at radius 3 is 2.11 bits per heavy atom. The number of aromatic nitrogens is 1. The molecule has 1 aromatic heterocycles. The number of carbonyl (C=O) groups is 1. The van der Waals surface area contributed by atoms with Crippen LogP contribution >= 0.6 is 11.6 Å². The van der Waals surface area contributed by atoms with Crippen molar-refractivity contribution in [1.29, 1.82) is 0 Å². The predicted molar refractivity (Wildman–Crippen MR) is 157 cm³/mol. The van der Waals surface area contributed by atoms with Crippen LogP contribution in [0.15, 0.2) is 42.7 Å². The normalized spacial score (nSPS) is 10.9. The number of hydrogen-bond donors (Lipinski definition) is 1. The van der Waals surface area contributed by atoms with E-state index >= 15 is 0 Å². The number of benzene rings is 1. The minimum atomic E-state index is -0.153. The smallest absolute Gasteiger partial charge is 0.257 e. The lowest BCUT2D eigenvalue weighted by atomic mass is 10.0. The van der Waals surface area contributed by atoms with Crippen LogP contribution in [0.5, 0.6) is 11.5 Å². The van der Waals surface area contributed by atoms with Gasteiger partial charge in [0.25, 0.3) is 5.91 Å². The molecule has 0 unspecified atom stereocenters. The molecule has 1 N–H and O–H groups in total. The number of nitrogens with one attached hydrogen (secondary N) is 1. The van der Waals surface area contributed by atoms with Gasteiger partial charge in [-0.05, 0) is 31.0 Å². The summed E-state index contributed by atoms with van der Waals surface area (Å²) in [6, 6.07) is 9.36. The van der Waals surface area contributed by atoms with Crippen LogP contribution in [0.1, 0.15) is 102 Å². The Morgan fingerprint density at radius 1 is 0.868 bits per heavy atom. The number of carbonyl (C=O) groups excluding carboxylic acids is 1. The van der Waals surface area contributed by atoms with E-state index in [0.29, 0.717) is 29.7 Å². The molecular weight excluding hydrogens is 496 g/mol. The van der Waals surface area contributed by atoms with Crippen molar-refractivity contribution in [2.45, 2.75) is 103 Å². The Bertz CT molecular complexity index is 906. The van der Waals surface area contributed by atoms with E-state index in [1.807, 2.05) is 42.2 Å². The van der Waals surface area contributed by atoms with Crippen LogP contribution in [0.2, 0.25) is 5.02 Å². The fourth-order valence-electron chi connectivity index (χ4n) is 4.51. The first kappa shape index (κ1) is 31.9. The molecule has 0 spiro atoms. The second-order valence-electron chi connectivity index (χ2n) is 10.3. The number of unbranched alkanes of at least 4 members (excludes halogenated alkanes) is 13. The summed E-state index contributed by atoms with van der Waals surface area (Å²) < 4.78 is 13.5. The molecule has 2 aromatic rings. The van der Waals surface area contributed by atoms with E-state index in [-0.39, 0.29) is 12.5 Å².